The van der Waals surface area contributed by atoms with Gasteiger partial charge in [-0.1, -0.05) is 12.8 Å². The van der Waals surface area contributed by atoms with Gasteiger partial charge in [-0.2, -0.15) is 13.2 Å². The highest BCUT2D eigenvalue weighted by Crippen LogP contribution is 2.35. The third kappa shape index (κ3) is 3.61. The van der Waals surface area contributed by atoms with Gasteiger partial charge in [0.25, 0.3) is 0 Å². The first-order valence-electron chi connectivity index (χ1n) is 7.06. The molecule has 19 heavy (non-hydrogen) atoms. The topological polar surface area (TPSA) is 43.7 Å². The molecule has 4 unspecified atom stereocenters. The van der Waals surface area contributed by atoms with E-state index < -0.39 is 18.4 Å². The average molecular weight is 281 g/mol. The molecule has 2 fully saturated rings. The van der Waals surface area contributed by atoms with Crippen molar-refractivity contribution in [2.75, 3.05) is 13.1 Å². The number of alkyl halides is 3. The number of aliphatic hydroxyl groups is 2. The first-order chi connectivity index (χ1) is 8.89. The fraction of sp³-hybridized carbons (Fsp3) is 1.00. The maximum absolute atomic E-state index is 12.5. The molecule has 0 aromatic carbocycles. The molecule has 3 nitrogen and oxygen atoms in total. The number of halogens is 3. The molecule has 0 spiro atoms. The zero-order valence-corrected chi connectivity index (χ0v) is 10.9. The molecule has 1 aliphatic carbocycles. The Labute approximate surface area is 111 Å². The highest BCUT2D eigenvalue weighted by Gasteiger charge is 2.43. The molecule has 2 rings (SSSR count). The lowest BCUT2D eigenvalue weighted by atomic mass is 9.87. The van der Waals surface area contributed by atoms with Gasteiger partial charge >= 0.3 is 6.18 Å². The molecule has 0 aromatic heterocycles. The summed E-state index contributed by atoms with van der Waals surface area (Å²) < 4.78 is 37.4. The number of hydrogen-bond donors (Lipinski definition) is 2. The zero-order chi connectivity index (χ0) is 14.0. The van der Waals surface area contributed by atoms with Crippen LogP contribution in [0.3, 0.4) is 0 Å². The van der Waals surface area contributed by atoms with Gasteiger partial charge in [-0.25, -0.2) is 0 Å². The van der Waals surface area contributed by atoms with Crippen molar-refractivity contribution < 1.29 is 23.4 Å². The third-order valence-electron chi connectivity index (χ3n) is 4.48. The second kappa shape index (κ2) is 5.97. The Morgan fingerprint density at radius 1 is 1.11 bits per heavy atom. The van der Waals surface area contributed by atoms with Gasteiger partial charge in [0, 0.05) is 18.5 Å². The van der Waals surface area contributed by atoms with Crippen molar-refractivity contribution in [3.05, 3.63) is 0 Å². The Hall–Kier alpha value is -0.330. The lowest BCUT2D eigenvalue weighted by Crippen LogP contribution is -2.51. The quantitative estimate of drug-likeness (QED) is 0.830. The fourth-order valence-electron chi connectivity index (χ4n) is 3.47. The van der Waals surface area contributed by atoms with Gasteiger partial charge in [0.2, 0.25) is 0 Å². The van der Waals surface area contributed by atoms with Crippen LogP contribution >= 0.6 is 0 Å². The molecular weight excluding hydrogens is 259 g/mol. The number of nitrogens with zero attached hydrogens (tertiary/aromatic N) is 1. The van der Waals surface area contributed by atoms with Crippen LogP contribution in [-0.4, -0.2) is 52.6 Å². The van der Waals surface area contributed by atoms with Crippen LogP contribution in [0.4, 0.5) is 13.2 Å². The van der Waals surface area contributed by atoms with Crippen LogP contribution in [0.2, 0.25) is 0 Å². The average Bonchev–Trinajstić information content (AvgIpc) is 2.75. The summed E-state index contributed by atoms with van der Waals surface area (Å²) in [6.07, 6.45) is -1.99. The molecule has 0 aromatic rings. The van der Waals surface area contributed by atoms with E-state index in [1.165, 1.54) is 0 Å². The van der Waals surface area contributed by atoms with Crippen molar-refractivity contribution in [1.82, 2.24) is 4.90 Å². The van der Waals surface area contributed by atoms with E-state index in [4.69, 9.17) is 0 Å². The molecule has 1 heterocycles. The van der Waals surface area contributed by atoms with Crippen molar-refractivity contribution >= 4 is 0 Å². The summed E-state index contributed by atoms with van der Waals surface area (Å²) >= 11 is 0. The fourth-order valence-corrected chi connectivity index (χ4v) is 3.47. The number of piperidine rings is 1. The summed E-state index contributed by atoms with van der Waals surface area (Å²) in [5.41, 5.74) is 0. The Kier molecular flexibility index (Phi) is 4.74. The number of β-amino-alcohol motifs (C(OH)–C–C–N with tert-alkyl or cyclic N) is 1. The normalized spacial score (nSPS) is 35.5. The second-order valence-electron chi connectivity index (χ2n) is 5.78. The van der Waals surface area contributed by atoms with Crippen LogP contribution in [0.25, 0.3) is 0 Å². The van der Waals surface area contributed by atoms with Gasteiger partial charge in [0.1, 0.15) is 0 Å². The number of aliphatic hydroxyl groups excluding tert-OH is 2. The predicted octanol–water partition coefficient (Wildman–Crippen LogP) is 1.93. The summed E-state index contributed by atoms with van der Waals surface area (Å²) in [7, 11) is 0. The summed E-state index contributed by atoms with van der Waals surface area (Å²) in [6, 6.07) is -0.0109. The molecule has 112 valence electrons. The Morgan fingerprint density at radius 3 is 2.42 bits per heavy atom. The lowest BCUT2D eigenvalue weighted by molar-refractivity contribution is -0.211. The minimum absolute atomic E-state index is 0.0109. The number of hydrogen-bond acceptors (Lipinski definition) is 3. The SMILES string of the molecule is OC1CCCC1C1CCCCN1CC(O)C(F)(F)F. The molecule has 2 N–H and O–H groups in total. The van der Waals surface area contributed by atoms with Crippen molar-refractivity contribution in [3.63, 3.8) is 0 Å². The maximum atomic E-state index is 12.5. The predicted molar refractivity (Wildman–Crippen MR) is 64.6 cm³/mol. The van der Waals surface area contributed by atoms with Gasteiger partial charge in [-0.15, -0.1) is 0 Å². The van der Waals surface area contributed by atoms with Crippen molar-refractivity contribution in [3.8, 4) is 0 Å². The standard InChI is InChI=1S/C13H22F3NO2/c14-13(15,16)12(19)8-17-7-2-1-5-10(17)9-4-3-6-11(9)18/h9-12,18-19H,1-8H2. The minimum Gasteiger partial charge on any atom is -0.393 e. The molecule has 4 atom stereocenters. The third-order valence-corrected chi connectivity index (χ3v) is 4.48. The van der Waals surface area contributed by atoms with E-state index in [1.54, 1.807) is 4.90 Å². The van der Waals surface area contributed by atoms with Gasteiger partial charge in [-0.3, -0.25) is 4.90 Å². The zero-order valence-electron chi connectivity index (χ0n) is 10.9. The van der Waals surface area contributed by atoms with Crippen LogP contribution in [0.5, 0.6) is 0 Å². The van der Waals surface area contributed by atoms with E-state index in [1.807, 2.05) is 0 Å². The molecule has 0 amide bonds. The van der Waals surface area contributed by atoms with Crippen LogP contribution in [0.15, 0.2) is 0 Å². The van der Waals surface area contributed by atoms with E-state index in [0.717, 1.165) is 38.5 Å². The summed E-state index contributed by atoms with van der Waals surface area (Å²) in [5, 5.41) is 19.2. The monoisotopic (exact) mass is 281 g/mol. The van der Waals surface area contributed by atoms with Crippen molar-refractivity contribution in [2.24, 2.45) is 5.92 Å². The Bertz CT molecular complexity index is 298. The maximum Gasteiger partial charge on any atom is 0.415 e. The highest BCUT2D eigenvalue weighted by atomic mass is 19.4. The summed E-state index contributed by atoms with van der Waals surface area (Å²) in [5.74, 6) is 0.0701. The van der Waals surface area contributed by atoms with E-state index in [2.05, 4.69) is 0 Å². The second-order valence-corrected chi connectivity index (χ2v) is 5.78. The molecule has 6 heteroatoms. The number of likely N-dealkylation sites (tertiary alicyclic amines) is 1. The highest BCUT2D eigenvalue weighted by molar-refractivity contribution is 4.91. The van der Waals surface area contributed by atoms with Crippen LogP contribution in [-0.2, 0) is 0 Å². The van der Waals surface area contributed by atoms with E-state index in [9.17, 15) is 23.4 Å². The van der Waals surface area contributed by atoms with Crippen molar-refractivity contribution in [1.29, 1.82) is 0 Å². The molecule has 1 saturated carbocycles. The minimum atomic E-state index is -4.56. The molecule has 1 saturated heterocycles. The van der Waals surface area contributed by atoms with E-state index >= 15 is 0 Å². The Balaban J connectivity index is 2.00. The van der Waals surface area contributed by atoms with Gasteiger partial charge in [-0.05, 0) is 32.2 Å². The van der Waals surface area contributed by atoms with Crippen LogP contribution in [0, 0.1) is 5.92 Å². The summed E-state index contributed by atoms with van der Waals surface area (Å²) in [6.45, 7) is 0.221. The van der Waals surface area contributed by atoms with Crippen LogP contribution < -0.4 is 0 Å². The molecular formula is C13H22F3NO2. The Morgan fingerprint density at radius 2 is 1.84 bits per heavy atom. The van der Waals surface area contributed by atoms with E-state index in [0.29, 0.717) is 6.54 Å². The van der Waals surface area contributed by atoms with Gasteiger partial charge in [0.15, 0.2) is 6.10 Å². The van der Waals surface area contributed by atoms with Crippen molar-refractivity contribution in [2.45, 2.75) is 63.0 Å². The molecule has 1 aliphatic heterocycles. The van der Waals surface area contributed by atoms with Gasteiger partial charge < -0.3 is 10.2 Å². The first-order valence-corrected chi connectivity index (χ1v) is 7.06. The smallest absolute Gasteiger partial charge is 0.393 e. The molecule has 2 aliphatic rings. The van der Waals surface area contributed by atoms with Gasteiger partial charge in [0.05, 0.1) is 6.10 Å². The molecule has 0 bridgehead atoms. The largest absolute Gasteiger partial charge is 0.415 e. The number of rotatable bonds is 3. The summed E-state index contributed by atoms with van der Waals surface area (Å²) in [4.78, 5) is 1.74. The first kappa shape index (κ1) is 15.1. The van der Waals surface area contributed by atoms with Crippen LogP contribution in [0.1, 0.15) is 38.5 Å². The molecule has 0 radical (unpaired) electrons. The van der Waals surface area contributed by atoms with E-state index in [-0.39, 0.29) is 18.5 Å². The lowest BCUT2D eigenvalue weighted by Gasteiger charge is -2.41.